The van der Waals surface area contributed by atoms with Crippen molar-refractivity contribution in [2.75, 3.05) is 31.1 Å². The van der Waals surface area contributed by atoms with Gasteiger partial charge in [0, 0.05) is 44.0 Å². The van der Waals surface area contributed by atoms with Crippen LogP contribution in [0, 0.1) is 13.8 Å². The molecule has 6 heteroatoms. The fourth-order valence-corrected chi connectivity index (χ4v) is 6.25. The van der Waals surface area contributed by atoms with Gasteiger partial charge in [-0.25, -0.2) is 13.1 Å². The van der Waals surface area contributed by atoms with E-state index >= 15 is 0 Å². The zero-order valence-corrected chi connectivity index (χ0v) is 18.9. The van der Waals surface area contributed by atoms with E-state index in [2.05, 4.69) is 46.6 Å². The Bertz CT molecular complexity index is 954. The van der Waals surface area contributed by atoms with Gasteiger partial charge in [0.15, 0.2) is 0 Å². The molecular weight excluding hydrogens is 394 g/mol. The van der Waals surface area contributed by atoms with E-state index in [1.54, 1.807) is 24.3 Å². The van der Waals surface area contributed by atoms with Crippen LogP contribution < -0.4 is 9.62 Å². The largest absolute Gasteiger partial charge is 0.369 e. The number of benzene rings is 2. The molecule has 0 spiro atoms. The molecule has 0 bridgehead atoms. The van der Waals surface area contributed by atoms with Crippen molar-refractivity contribution in [1.82, 2.24) is 9.62 Å². The molecule has 2 aliphatic rings. The van der Waals surface area contributed by atoms with Crippen LogP contribution in [0.25, 0.3) is 0 Å². The number of hydrogen-bond donors (Lipinski definition) is 1. The van der Waals surface area contributed by atoms with Gasteiger partial charge < -0.3 is 4.90 Å². The number of piperazine rings is 1. The predicted molar refractivity (Wildman–Crippen MR) is 123 cm³/mol. The number of sulfonamides is 1. The minimum atomic E-state index is -3.48. The average molecular weight is 428 g/mol. The van der Waals surface area contributed by atoms with Gasteiger partial charge in [-0.15, -0.1) is 0 Å². The van der Waals surface area contributed by atoms with Crippen molar-refractivity contribution in [1.29, 1.82) is 0 Å². The van der Waals surface area contributed by atoms with Gasteiger partial charge in [0.05, 0.1) is 4.90 Å². The molecule has 0 radical (unpaired) electrons. The van der Waals surface area contributed by atoms with E-state index in [1.807, 2.05) is 6.07 Å². The quantitative estimate of drug-likeness (QED) is 0.790. The molecule has 2 atom stereocenters. The average Bonchev–Trinajstić information content (AvgIpc) is 2.77. The van der Waals surface area contributed by atoms with E-state index < -0.39 is 10.0 Å². The monoisotopic (exact) mass is 427 g/mol. The van der Waals surface area contributed by atoms with E-state index in [0.717, 1.165) is 45.4 Å². The lowest BCUT2D eigenvalue weighted by Crippen LogP contribution is -2.58. The summed E-state index contributed by atoms with van der Waals surface area (Å²) in [5, 5.41) is 0. The lowest BCUT2D eigenvalue weighted by atomic mass is 9.89. The normalized spacial score (nSPS) is 23.5. The minimum absolute atomic E-state index is 0.0174. The summed E-state index contributed by atoms with van der Waals surface area (Å²) >= 11 is 0. The first-order valence-electron chi connectivity index (χ1n) is 11.1. The third kappa shape index (κ3) is 4.56. The van der Waals surface area contributed by atoms with E-state index in [4.69, 9.17) is 0 Å². The van der Waals surface area contributed by atoms with Gasteiger partial charge >= 0.3 is 0 Å². The second-order valence-corrected chi connectivity index (χ2v) is 10.3. The van der Waals surface area contributed by atoms with Crippen LogP contribution in [0.4, 0.5) is 5.69 Å². The summed E-state index contributed by atoms with van der Waals surface area (Å²) in [6.07, 6.45) is 4.23. The maximum absolute atomic E-state index is 12.9. The summed E-state index contributed by atoms with van der Waals surface area (Å²) in [7, 11) is -3.48. The first-order valence-corrected chi connectivity index (χ1v) is 12.6. The minimum Gasteiger partial charge on any atom is -0.369 e. The van der Waals surface area contributed by atoms with Crippen molar-refractivity contribution in [2.24, 2.45) is 0 Å². The maximum Gasteiger partial charge on any atom is 0.240 e. The zero-order valence-electron chi connectivity index (χ0n) is 18.0. The van der Waals surface area contributed by atoms with E-state index in [0.29, 0.717) is 4.90 Å². The molecule has 5 nitrogen and oxygen atoms in total. The summed E-state index contributed by atoms with van der Waals surface area (Å²) in [5.74, 6) is 0. The first kappa shape index (κ1) is 21.3. The Morgan fingerprint density at radius 3 is 2.30 bits per heavy atom. The van der Waals surface area contributed by atoms with Crippen molar-refractivity contribution in [3.63, 3.8) is 0 Å². The molecule has 30 heavy (non-hydrogen) atoms. The van der Waals surface area contributed by atoms with Gasteiger partial charge in [0.2, 0.25) is 10.0 Å². The standard InChI is InChI=1S/C24H33N3O2S/c1-19-9-8-14-23(20(19)2)26-15-17-27(18-16-26)24-13-7-6-12-22(24)25-30(28,29)21-10-4-3-5-11-21/h3-5,8-11,14,22,24-25H,6-7,12-13,15-18H2,1-2H3/t22-,24+/m1/s1. The van der Waals surface area contributed by atoms with E-state index in [1.165, 1.54) is 23.2 Å². The molecule has 1 saturated carbocycles. The number of anilines is 1. The van der Waals surface area contributed by atoms with Gasteiger partial charge in [0.25, 0.3) is 0 Å². The fourth-order valence-electron chi connectivity index (χ4n) is 4.93. The van der Waals surface area contributed by atoms with Crippen molar-refractivity contribution in [3.8, 4) is 0 Å². The number of nitrogens with zero attached hydrogens (tertiary/aromatic N) is 2. The summed E-state index contributed by atoms with van der Waals surface area (Å²) in [5.41, 5.74) is 4.02. The lowest BCUT2D eigenvalue weighted by Gasteiger charge is -2.45. The molecule has 0 unspecified atom stereocenters. The molecule has 0 amide bonds. The van der Waals surface area contributed by atoms with Crippen LogP contribution >= 0.6 is 0 Å². The van der Waals surface area contributed by atoms with Crippen LogP contribution in [0.2, 0.25) is 0 Å². The van der Waals surface area contributed by atoms with Crippen molar-refractivity contribution in [2.45, 2.75) is 56.5 Å². The lowest BCUT2D eigenvalue weighted by molar-refractivity contribution is 0.124. The molecule has 2 fully saturated rings. The number of nitrogens with one attached hydrogen (secondary N) is 1. The first-order chi connectivity index (χ1) is 14.5. The highest BCUT2D eigenvalue weighted by Crippen LogP contribution is 2.28. The van der Waals surface area contributed by atoms with Gasteiger partial charge in [-0.2, -0.15) is 0 Å². The zero-order chi connectivity index (χ0) is 21.1. The molecule has 1 aliphatic heterocycles. The molecule has 1 aliphatic carbocycles. The third-order valence-corrected chi connectivity index (χ3v) is 8.30. The van der Waals surface area contributed by atoms with Gasteiger partial charge in [-0.3, -0.25) is 4.90 Å². The highest BCUT2D eigenvalue weighted by molar-refractivity contribution is 7.89. The smallest absolute Gasteiger partial charge is 0.240 e. The summed E-state index contributed by atoms with van der Waals surface area (Å²) < 4.78 is 28.8. The van der Waals surface area contributed by atoms with Crippen LogP contribution in [0.3, 0.4) is 0 Å². The molecule has 1 saturated heterocycles. The topological polar surface area (TPSA) is 52.6 Å². The van der Waals surface area contributed by atoms with Gasteiger partial charge in [-0.1, -0.05) is 43.2 Å². The molecule has 1 heterocycles. The van der Waals surface area contributed by atoms with Crippen LogP contribution in [0.1, 0.15) is 36.8 Å². The molecule has 1 N–H and O–H groups in total. The Morgan fingerprint density at radius 1 is 0.867 bits per heavy atom. The summed E-state index contributed by atoms with van der Waals surface area (Å²) in [4.78, 5) is 5.35. The van der Waals surface area contributed by atoms with E-state index in [9.17, 15) is 8.42 Å². The Hall–Kier alpha value is -1.89. The highest BCUT2D eigenvalue weighted by atomic mass is 32.2. The Morgan fingerprint density at radius 2 is 1.57 bits per heavy atom. The van der Waals surface area contributed by atoms with Crippen molar-refractivity contribution < 1.29 is 8.42 Å². The second kappa shape index (κ2) is 9.08. The maximum atomic E-state index is 12.9. The van der Waals surface area contributed by atoms with Crippen molar-refractivity contribution >= 4 is 15.7 Å². The highest BCUT2D eigenvalue weighted by Gasteiger charge is 2.34. The second-order valence-electron chi connectivity index (χ2n) is 8.63. The molecule has 0 aromatic heterocycles. The third-order valence-electron chi connectivity index (χ3n) is 6.79. The Labute approximate surface area is 181 Å². The molecule has 2 aromatic carbocycles. The summed E-state index contributed by atoms with van der Waals surface area (Å²) in [6.45, 7) is 8.29. The van der Waals surface area contributed by atoms with Crippen LogP contribution in [0.15, 0.2) is 53.4 Å². The molecule has 4 rings (SSSR count). The van der Waals surface area contributed by atoms with E-state index in [-0.39, 0.29) is 12.1 Å². The van der Waals surface area contributed by atoms with Gasteiger partial charge in [0.1, 0.15) is 0 Å². The number of hydrogen-bond acceptors (Lipinski definition) is 4. The number of rotatable bonds is 5. The SMILES string of the molecule is Cc1cccc(N2CCN([C@H]3CCCC[C@H]3NS(=O)(=O)c3ccccc3)CC2)c1C. The van der Waals surface area contributed by atoms with Crippen LogP contribution in [0.5, 0.6) is 0 Å². The van der Waals surface area contributed by atoms with Crippen molar-refractivity contribution in [3.05, 3.63) is 59.7 Å². The number of aryl methyl sites for hydroxylation is 1. The fraction of sp³-hybridized carbons (Fsp3) is 0.500. The van der Waals surface area contributed by atoms with Crippen LogP contribution in [-0.2, 0) is 10.0 Å². The molecule has 2 aromatic rings. The molecular formula is C24H33N3O2S. The molecule has 162 valence electrons. The van der Waals surface area contributed by atoms with Gasteiger partial charge in [-0.05, 0) is 56.0 Å². The predicted octanol–water partition coefficient (Wildman–Crippen LogP) is 3.72. The van der Waals surface area contributed by atoms with Crippen LogP contribution in [-0.4, -0.2) is 51.6 Å². The Balaban J connectivity index is 1.43. The summed E-state index contributed by atoms with van der Waals surface area (Å²) in [6, 6.07) is 15.5. The Kier molecular flexibility index (Phi) is 6.46.